The molecule has 1 aliphatic rings. The Hall–Kier alpha value is -1.43. The second kappa shape index (κ2) is 4.83. The zero-order chi connectivity index (χ0) is 13.2. The third-order valence-corrected chi connectivity index (χ3v) is 3.20. The lowest BCUT2D eigenvalue weighted by Gasteiger charge is -2.36. The van der Waals surface area contributed by atoms with Gasteiger partial charge in [0.1, 0.15) is 5.41 Å². The van der Waals surface area contributed by atoms with Gasteiger partial charge >= 0.3 is 6.03 Å². The van der Waals surface area contributed by atoms with Crippen molar-refractivity contribution in [2.75, 3.05) is 0 Å². The average Bonchev–Trinajstić information content (AvgIpc) is 2.27. The lowest BCUT2D eigenvalue weighted by Crippen LogP contribution is -2.62. The molecule has 0 radical (unpaired) electrons. The number of carbonyl (C=O) groups is 3. The number of hydroxylamine groups is 2. The zero-order valence-electron chi connectivity index (χ0n) is 10.3. The third-order valence-electron chi connectivity index (χ3n) is 3.20. The second-order valence-electron chi connectivity index (χ2n) is 4.74. The summed E-state index contributed by atoms with van der Waals surface area (Å²) >= 11 is 0. The predicted molar refractivity (Wildman–Crippen MR) is 59.0 cm³/mol. The van der Waals surface area contributed by atoms with Gasteiger partial charge in [-0.05, 0) is 25.2 Å². The molecule has 1 unspecified atom stereocenters. The number of nitrogens with one attached hydrogen (secondary N) is 1. The molecule has 0 saturated carbocycles. The van der Waals surface area contributed by atoms with E-state index in [0.717, 1.165) is 0 Å². The van der Waals surface area contributed by atoms with Crippen LogP contribution in [0.3, 0.4) is 0 Å². The van der Waals surface area contributed by atoms with Gasteiger partial charge in [-0.25, -0.2) is 4.79 Å². The van der Waals surface area contributed by atoms with Crippen molar-refractivity contribution in [3.8, 4) is 0 Å². The minimum absolute atomic E-state index is 0.00519. The molecule has 0 aromatic heterocycles. The maximum atomic E-state index is 11.9. The van der Waals surface area contributed by atoms with Crippen LogP contribution < -0.4 is 5.32 Å². The smallest absolute Gasteiger partial charge is 0.277 e. The van der Waals surface area contributed by atoms with Crippen LogP contribution in [-0.4, -0.2) is 28.1 Å². The van der Waals surface area contributed by atoms with Gasteiger partial charge in [0.2, 0.25) is 5.91 Å². The maximum Gasteiger partial charge on any atom is 0.355 e. The van der Waals surface area contributed by atoms with Crippen molar-refractivity contribution in [1.29, 1.82) is 0 Å². The Morgan fingerprint density at radius 1 is 1.35 bits per heavy atom. The first kappa shape index (κ1) is 13.6. The van der Waals surface area contributed by atoms with Gasteiger partial charge in [0.15, 0.2) is 0 Å². The summed E-state index contributed by atoms with van der Waals surface area (Å²) in [6.45, 7) is 5.66. The van der Waals surface area contributed by atoms with Gasteiger partial charge in [0.05, 0.1) is 0 Å². The largest absolute Gasteiger partial charge is 0.355 e. The topological polar surface area (TPSA) is 86.7 Å². The van der Waals surface area contributed by atoms with Crippen LogP contribution >= 0.6 is 0 Å². The van der Waals surface area contributed by atoms with Crippen molar-refractivity contribution < 1.29 is 19.6 Å². The highest BCUT2D eigenvalue weighted by Gasteiger charge is 2.52. The molecule has 1 atom stereocenters. The Morgan fingerprint density at radius 2 is 1.94 bits per heavy atom. The van der Waals surface area contributed by atoms with Crippen molar-refractivity contribution in [3.63, 3.8) is 0 Å². The van der Waals surface area contributed by atoms with E-state index in [4.69, 9.17) is 0 Å². The Morgan fingerprint density at radius 3 is 2.41 bits per heavy atom. The fraction of sp³-hybridized carbons (Fsp3) is 0.727. The molecule has 0 aromatic rings. The lowest BCUT2D eigenvalue weighted by molar-refractivity contribution is -0.174. The SMILES string of the molecule is CCC1(CCC(C)C)C(=O)NC(=O)N(O)C1=O. The minimum atomic E-state index is -1.31. The monoisotopic (exact) mass is 242 g/mol. The highest BCUT2D eigenvalue weighted by atomic mass is 16.5. The number of rotatable bonds is 4. The van der Waals surface area contributed by atoms with E-state index < -0.39 is 23.3 Å². The molecule has 2 N–H and O–H groups in total. The zero-order valence-corrected chi connectivity index (χ0v) is 10.3. The van der Waals surface area contributed by atoms with E-state index in [9.17, 15) is 19.6 Å². The fourth-order valence-corrected chi connectivity index (χ4v) is 1.91. The predicted octanol–water partition coefficient (Wildman–Crippen LogP) is 1.29. The summed E-state index contributed by atoms with van der Waals surface area (Å²) in [6, 6.07) is -1.08. The molecular formula is C11H18N2O4. The first-order valence-corrected chi connectivity index (χ1v) is 5.74. The van der Waals surface area contributed by atoms with Crippen LogP contribution in [0.5, 0.6) is 0 Å². The van der Waals surface area contributed by atoms with Crippen molar-refractivity contribution in [2.24, 2.45) is 11.3 Å². The summed E-state index contributed by atoms with van der Waals surface area (Å²) in [6.07, 6.45) is 1.26. The molecule has 1 rings (SSSR count). The number of hydrogen-bond donors (Lipinski definition) is 2. The normalized spacial score (nSPS) is 25.5. The number of carbonyl (C=O) groups excluding carboxylic acids is 3. The van der Waals surface area contributed by atoms with E-state index in [2.05, 4.69) is 0 Å². The van der Waals surface area contributed by atoms with Gasteiger partial charge in [-0.1, -0.05) is 20.8 Å². The Labute approximate surface area is 99.9 Å². The first-order valence-electron chi connectivity index (χ1n) is 5.74. The van der Waals surface area contributed by atoms with E-state index in [1.807, 2.05) is 19.2 Å². The molecule has 4 amide bonds. The van der Waals surface area contributed by atoms with Crippen LogP contribution in [0.2, 0.25) is 0 Å². The molecular weight excluding hydrogens is 224 g/mol. The van der Waals surface area contributed by atoms with Crippen LogP contribution in [0.1, 0.15) is 40.0 Å². The van der Waals surface area contributed by atoms with Crippen LogP contribution in [0, 0.1) is 11.3 Å². The first-order chi connectivity index (χ1) is 7.85. The summed E-state index contributed by atoms with van der Waals surface area (Å²) in [5, 5.41) is 11.3. The van der Waals surface area contributed by atoms with Crippen LogP contribution in [0.15, 0.2) is 0 Å². The molecule has 1 aliphatic heterocycles. The van der Waals surface area contributed by atoms with Gasteiger partial charge in [0, 0.05) is 0 Å². The molecule has 6 nitrogen and oxygen atoms in total. The third kappa shape index (κ3) is 2.31. The average molecular weight is 242 g/mol. The molecule has 0 spiro atoms. The molecule has 0 aliphatic carbocycles. The highest BCUT2D eigenvalue weighted by Crippen LogP contribution is 2.34. The van der Waals surface area contributed by atoms with Gasteiger partial charge < -0.3 is 0 Å². The van der Waals surface area contributed by atoms with E-state index in [1.165, 1.54) is 0 Å². The summed E-state index contributed by atoms with van der Waals surface area (Å²) < 4.78 is 0. The fourth-order valence-electron chi connectivity index (χ4n) is 1.91. The lowest BCUT2D eigenvalue weighted by atomic mass is 9.76. The van der Waals surface area contributed by atoms with Crippen molar-refractivity contribution in [1.82, 2.24) is 10.4 Å². The molecule has 0 aromatic carbocycles. The second-order valence-corrected chi connectivity index (χ2v) is 4.74. The quantitative estimate of drug-likeness (QED) is 0.574. The molecule has 0 bridgehead atoms. The van der Waals surface area contributed by atoms with Gasteiger partial charge in [-0.3, -0.25) is 20.1 Å². The number of nitrogens with zero attached hydrogens (tertiary/aromatic N) is 1. The van der Waals surface area contributed by atoms with Crippen LogP contribution in [0.25, 0.3) is 0 Å². The van der Waals surface area contributed by atoms with Crippen molar-refractivity contribution >= 4 is 17.8 Å². The number of hydrogen-bond acceptors (Lipinski definition) is 4. The number of urea groups is 1. The molecule has 96 valence electrons. The molecule has 1 saturated heterocycles. The van der Waals surface area contributed by atoms with Crippen molar-refractivity contribution in [3.05, 3.63) is 0 Å². The molecule has 1 fully saturated rings. The van der Waals surface area contributed by atoms with E-state index in [0.29, 0.717) is 18.8 Å². The van der Waals surface area contributed by atoms with E-state index in [-0.39, 0.29) is 11.5 Å². The Kier molecular flexibility index (Phi) is 3.87. The van der Waals surface area contributed by atoms with Crippen molar-refractivity contribution in [2.45, 2.75) is 40.0 Å². The minimum Gasteiger partial charge on any atom is -0.277 e. The molecule has 6 heteroatoms. The molecule has 1 heterocycles. The number of amides is 4. The van der Waals surface area contributed by atoms with Gasteiger partial charge in [0.25, 0.3) is 5.91 Å². The van der Waals surface area contributed by atoms with Gasteiger partial charge in [-0.15, -0.1) is 5.06 Å². The Bertz CT molecular complexity index is 353. The summed E-state index contributed by atoms with van der Waals surface area (Å²) in [5.74, 6) is -1.10. The Balaban J connectivity index is 2.98. The van der Waals surface area contributed by atoms with Crippen LogP contribution in [0.4, 0.5) is 4.79 Å². The summed E-state index contributed by atoms with van der Waals surface area (Å²) in [7, 11) is 0. The highest BCUT2D eigenvalue weighted by molar-refractivity contribution is 6.18. The van der Waals surface area contributed by atoms with E-state index in [1.54, 1.807) is 6.92 Å². The standard InChI is InChI=1S/C11H18N2O4/c1-4-11(6-5-7(2)3)8(14)12-10(16)13(17)9(11)15/h7,17H,4-6H2,1-3H3,(H,12,14,16). The summed E-state index contributed by atoms with van der Waals surface area (Å²) in [4.78, 5) is 34.8. The van der Waals surface area contributed by atoms with Gasteiger partial charge in [-0.2, -0.15) is 0 Å². The maximum absolute atomic E-state index is 11.9. The summed E-state index contributed by atoms with van der Waals surface area (Å²) in [5.41, 5.74) is -1.31. The number of imide groups is 2. The molecule has 17 heavy (non-hydrogen) atoms. The van der Waals surface area contributed by atoms with E-state index >= 15 is 0 Å². The van der Waals surface area contributed by atoms with Crippen LogP contribution in [-0.2, 0) is 9.59 Å². The number of barbiturate groups is 1.